The quantitative estimate of drug-likeness (QED) is 0.700. The minimum Gasteiger partial charge on any atom is -0.508 e. The molecule has 20 heavy (non-hydrogen) atoms. The highest BCUT2D eigenvalue weighted by atomic mass is 16.3. The molecule has 0 radical (unpaired) electrons. The van der Waals surface area contributed by atoms with Crippen molar-refractivity contribution < 1.29 is 9.90 Å². The van der Waals surface area contributed by atoms with E-state index in [0.29, 0.717) is 11.3 Å². The second-order valence-corrected chi connectivity index (χ2v) is 4.70. The van der Waals surface area contributed by atoms with E-state index >= 15 is 0 Å². The minimum atomic E-state index is -0.165. The molecule has 0 aliphatic rings. The van der Waals surface area contributed by atoms with Crippen LogP contribution < -0.4 is 5.32 Å². The van der Waals surface area contributed by atoms with Crippen molar-refractivity contribution in [3.8, 4) is 5.75 Å². The summed E-state index contributed by atoms with van der Waals surface area (Å²) in [6.07, 6.45) is 1.96. The molecule has 0 bridgehead atoms. The molecule has 3 aromatic rings. The fourth-order valence-corrected chi connectivity index (χ4v) is 2.17. The number of phenolic OH excluding ortho intramolecular Hbond substituents is 1. The van der Waals surface area contributed by atoms with Gasteiger partial charge in [0.25, 0.3) is 5.91 Å². The summed E-state index contributed by atoms with van der Waals surface area (Å²) in [5.74, 6) is 0.00940. The van der Waals surface area contributed by atoms with Gasteiger partial charge in [-0.1, -0.05) is 0 Å². The first-order valence-electron chi connectivity index (χ1n) is 6.29. The largest absolute Gasteiger partial charge is 0.508 e. The van der Waals surface area contributed by atoms with Crippen LogP contribution in [0.25, 0.3) is 10.9 Å². The Kier molecular flexibility index (Phi) is 2.91. The van der Waals surface area contributed by atoms with Crippen LogP contribution in [0.4, 0.5) is 5.69 Å². The monoisotopic (exact) mass is 266 g/mol. The number of aryl methyl sites for hydroxylation is 1. The predicted molar refractivity (Wildman–Crippen MR) is 79.0 cm³/mol. The van der Waals surface area contributed by atoms with Crippen LogP contribution in [0.15, 0.2) is 54.7 Å². The van der Waals surface area contributed by atoms with Gasteiger partial charge in [0.15, 0.2) is 0 Å². The van der Waals surface area contributed by atoms with Gasteiger partial charge in [-0.2, -0.15) is 0 Å². The SMILES string of the molecule is Cn1ccc2cc(C(=O)Nc3ccc(O)cc3)ccc21. The number of benzene rings is 2. The normalized spacial score (nSPS) is 10.7. The van der Waals surface area contributed by atoms with E-state index < -0.39 is 0 Å². The molecular formula is C16H14N2O2. The molecule has 4 heteroatoms. The molecule has 0 unspecified atom stereocenters. The van der Waals surface area contributed by atoms with Gasteiger partial charge in [0.2, 0.25) is 0 Å². The molecule has 0 spiro atoms. The van der Waals surface area contributed by atoms with Crippen molar-refractivity contribution >= 4 is 22.5 Å². The van der Waals surface area contributed by atoms with Crippen LogP contribution in [0, 0.1) is 0 Å². The maximum absolute atomic E-state index is 12.2. The molecule has 0 fully saturated rings. The van der Waals surface area contributed by atoms with Crippen molar-refractivity contribution in [2.75, 3.05) is 5.32 Å². The van der Waals surface area contributed by atoms with Crippen LogP contribution >= 0.6 is 0 Å². The van der Waals surface area contributed by atoms with Crippen LogP contribution in [-0.2, 0) is 7.05 Å². The Morgan fingerprint density at radius 3 is 2.60 bits per heavy atom. The zero-order chi connectivity index (χ0) is 14.1. The number of hydrogen-bond acceptors (Lipinski definition) is 2. The van der Waals surface area contributed by atoms with Gasteiger partial charge in [-0.05, 0) is 48.5 Å². The standard InChI is InChI=1S/C16H14N2O2/c1-18-9-8-11-10-12(2-7-15(11)18)16(20)17-13-3-5-14(19)6-4-13/h2-10,19H,1H3,(H,17,20). The molecule has 4 nitrogen and oxygen atoms in total. The fourth-order valence-electron chi connectivity index (χ4n) is 2.17. The third-order valence-electron chi connectivity index (χ3n) is 3.27. The third kappa shape index (κ3) is 2.23. The van der Waals surface area contributed by atoms with Crippen molar-refractivity contribution in [3.05, 3.63) is 60.3 Å². The molecule has 1 amide bonds. The number of anilines is 1. The van der Waals surface area contributed by atoms with Crippen molar-refractivity contribution in [1.82, 2.24) is 4.57 Å². The molecule has 0 atom stereocenters. The molecular weight excluding hydrogens is 252 g/mol. The first kappa shape index (κ1) is 12.3. The average molecular weight is 266 g/mol. The van der Waals surface area contributed by atoms with Crippen LogP contribution in [0.2, 0.25) is 0 Å². The second kappa shape index (κ2) is 4.74. The number of amides is 1. The number of nitrogens with zero attached hydrogens (tertiary/aromatic N) is 1. The summed E-state index contributed by atoms with van der Waals surface area (Å²) < 4.78 is 2.01. The molecule has 100 valence electrons. The summed E-state index contributed by atoms with van der Waals surface area (Å²) in [4.78, 5) is 12.2. The van der Waals surface area contributed by atoms with Crippen molar-refractivity contribution in [1.29, 1.82) is 0 Å². The number of aromatic hydroxyl groups is 1. The zero-order valence-corrected chi connectivity index (χ0v) is 11.0. The Bertz CT molecular complexity index is 773. The van der Waals surface area contributed by atoms with Gasteiger partial charge < -0.3 is 15.0 Å². The minimum absolute atomic E-state index is 0.165. The molecule has 2 N–H and O–H groups in total. The lowest BCUT2D eigenvalue weighted by molar-refractivity contribution is 0.102. The van der Waals surface area contributed by atoms with Gasteiger partial charge in [-0.3, -0.25) is 4.79 Å². The van der Waals surface area contributed by atoms with E-state index in [-0.39, 0.29) is 11.7 Å². The first-order valence-corrected chi connectivity index (χ1v) is 6.29. The van der Waals surface area contributed by atoms with Crippen molar-refractivity contribution in [2.24, 2.45) is 7.05 Å². The first-order chi connectivity index (χ1) is 9.63. The Morgan fingerprint density at radius 1 is 1.10 bits per heavy atom. The Labute approximate surface area is 116 Å². The molecule has 0 aliphatic carbocycles. The maximum Gasteiger partial charge on any atom is 0.255 e. The number of phenols is 1. The predicted octanol–water partition coefficient (Wildman–Crippen LogP) is 3.14. The highest BCUT2D eigenvalue weighted by Crippen LogP contribution is 2.18. The molecule has 0 aliphatic heterocycles. The van der Waals surface area contributed by atoms with Crippen molar-refractivity contribution in [3.63, 3.8) is 0 Å². The van der Waals surface area contributed by atoms with E-state index in [1.807, 2.05) is 36.0 Å². The molecule has 2 aromatic carbocycles. The number of fused-ring (bicyclic) bond motifs is 1. The molecule has 0 saturated carbocycles. The fraction of sp³-hybridized carbons (Fsp3) is 0.0625. The Balaban J connectivity index is 1.86. The number of hydrogen-bond donors (Lipinski definition) is 2. The van der Waals surface area contributed by atoms with Crippen LogP contribution in [0.3, 0.4) is 0 Å². The maximum atomic E-state index is 12.2. The van der Waals surface area contributed by atoms with Gasteiger partial charge >= 0.3 is 0 Å². The van der Waals surface area contributed by atoms with E-state index in [0.717, 1.165) is 10.9 Å². The van der Waals surface area contributed by atoms with Gasteiger partial charge in [-0.25, -0.2) is 0 Å². The van der Waals surface area contributed by atoms with Gasteiger partial charge in [-0.15, -0.1) is 0 Å². The third-order valence-corrected chi connectivity index (χ3v) is 3.27. The highest BCUT2D eigenvalue weighted by Gasteiger charge is 2.08. The molecule has 3 rings (SSSR count). The lowest BCUT2D eigenvalue weighted by atomic mass is 10.1. The molecule has 1 aromatic heterocycles. The van der Waals surface area contributed by atoms with Crippen molar-refractivity contribution in [2.45, 2.75) is 0 Å². The summed E-state index contributed by atoms with van der Waals surface area (Å²) in [5.41, 5.74) is 2.35. The summed E-state index contributed by atoms with van der Waals surface area (Å²) in [5, 5.41) is 13.0. The Hall–Kier alpha value is -2.75. The summed E-state index contributed by atoms with van der Waals surface area (Å²) in [7, 11) is 1.97. The molecule has 0 saturated heterocycles. The van der Waals surface area contributed by atoms with Crippen LogP contribution in [0.5, 0.6) is 5.75 Å². The van der Waals surface area contributed by atoms with E-state index in [4.69, 9.17) is 0 Å². The number of carbonyl (C=O) groups excluding carboxylic acids is 1. The average Bonchev–Trinajstić information content (AvgIpc) is 2.82. The number of aromatic nitrogens is 1. The van der Waals surface area contributed by atoms with E-state index in [9.17, 15) is 9.90 Å². The number of rotatable bonds is 2. The highest BCUT2D eigenvalue weighted by molar-refractivity contribution is 6.06. The smallest absolute Gasteiger partial charge is 0.255 e. The number of carbonyl (C=O) groups is 1. The molecule has 1 heterocycles. The zero-order valence-electron chi connectivity index (χ0n) is 11.0. The number of nitrogens with one attached hydrogen (secondary N) is 1. The van der Waals surface area contributed by atoms with Crippen LogP contribution in [-0.4, -0.2) is 15.6 Å². The van der Waals surface area contributed by atoms with E-state index in [1.165, 1.54) is 12.1 Å². The summed E-state index contributed by atoms with van der Waals surface area (Å²) in [6, 6.07) is 14.0. The Morgan fingerprint density at radius 2 is 1.85 bits per heavy atom. The van der Waals surface area contributed by atoms with Crippen LogP contribution in [0.1, 0.15) is 10.4 Å². The van der Waals surface area contributed by atoms with E-state index in [1.54, 1.807) is 18.2 Å². The van der Waals surface area contributed by atoms with Gasteiger partial charge in [0.1, 0.15) is 5.75 Å². The van der Waals surface area contributed by atoms with E-state index in [2.05, 4.69) is 5.32 Å². The second-order valence-electron chi connectivity index (χ2n) is 4.70. The topological polar surface area (TPSA) is 54.3 Å². The summed E-state index contributed by atoms with van der Waals surface area (Å²) >= 11 is 0. The van der Waals surface area contributed by atoms with Gasteiger partial charge in [0, 0.05) is 35.4 Å². The summed E-state index contributed by atoms with van der Waals surface area (Å²) in [6.45, 7) is 0. The van der Waals surface area contributed by atoms with Gasteiger partial charge in [0.05, 0.1) is 0 Å². The lowest BCUT2D eigenvalue weighted by Crippen LogP contribution is -2.11. The lowest BCUT2D eigenvalue weighted by Gasteiger charge is -2.06.